The molecule has 1 aliphatic heterocycles. The van der Waals surface area contributed by atoms with Crippen LogP contribution in [-0.4, -0.2) is 43.7 Å². The number of nitriles is 1. The lowest BCUT2D eigenvalue weighted by Gasteiger charge is -2.32. The molecule has 2 heterocycles. The minimum atomic E-state index is -0.495. The molecular formula is C28H33N5O2. The largest absolute Gasteiger partial charge is 0.381 e. The number of piperidine rings is 1. The molecule has 2 aromatic rings. The molecule has 7 heteroatoms. The molecule has 1 amide bonds. The summed E-state index contributed by atoms with van der Waals surface area (Å²) in [4.78, 5) is 20.0. The van der Waals surface area contributed by atoms with Gasteiger partial charge in [-0.15, -0.1) is 0 Å². The monoisotopic (exact) mass is 471 g/mol. The molecule has 1 saturated heterocycles. The number of allylic oxidation sites excluding steroid dienone is 3. The number of carbonyl (C=O) groups excluding carboxylic acids is 1. The number of hydrogen-bond donors (Lipinski definition) is 2. The highest BCUT2D eigenvalue weighted by atomic mass is 16.5. The Balaban J connectivity index is 1.35. The van der Waals surface area contributed by atoms with E-state index >= 15 is 0 Å². The van der Waals surface area contributed by atoms with Crippen molar-refractivity contribution < 1.29 is 9.53 Å². The average Bonchev–Trinajstić information content (AvgIpc) is 2.92. The first-order valence-electron chi connectivity index (χ1n) is 12.3. The Bertz CT molecular complexity index is 1070. The summed E-state index contributed by atoms with van der Waals surface area (Å²) in [7, 11) is 1.77. The Hall–Kier alpha value is -3.47. The first-order chi connectivity index (χ1) is 17.2. The number of methoxy groups -OCH3 is 1. The second-order valence-corrected chi connectivity index (χ2v) is 8.97. The van der Waals surface area contributed by atoms with Gasteiger partial charge in [0.05, 0.1) is 30.0 Å². The molecule has 4 rings (SSSR count). The Morgan fingerprint density at radius 2 is 2.03 bits per heavy atom. The number of nitrogens with one attached hydrogen (secondary N) is 2. The molecule has 1 fully saturated rings. The van der Waals surface area contributed by atoms with Gasteiger partial charge in [-0.05, 0) is 43.4 Å². The van der Waals surface area contributed by atoms with Crippen molar-refractivity contribution in [2.75, 3.05) is 37.0 Å². The van der Waals surface area contributed by atoms with Crippen molar-refractivity contribution in [1.82, 2.24) is 10.3 Å². The van der Waals surface area contributed by atoms with Gasteiger partial charge < -0.3 is 20.3 Å². The molecule has 35 heavy (non-hydrogen) atoms. The van der Waals surface area contributed by atoms with Crippen LogP contribution in [0.5, 0.6) is 0 Å². The zero-order valence-corrected chi connectivity index (χ0v) is 20.2. The second-order valence-electron chi connectivity index (χ2n) is 8.97. The molecule has 0 bridgehead atoms. The van der Waals surface area contributed by atoms with Gasteiger partial charge in [0.15, 0.2) is 0 Å². The summed E-state index contributed by atoms with van der Waals surface area (Å²) in [6, 6.07) is 15.4. The molecule has 7 nitrogen and oxygen atoms in total. The summed E-state index contributed by atoms with van der Waals surface area (Å²) >= 11 is 0. The number of hydrogen-bond acceptors (Lipinski definition) is 6. The van der Waals surface area contributed by atoms with Crippen molar-refractivity contribution in [3.05, 3.63) is 78.0 Å². The zero-order chi connectivity index (χ0) is 24.5. The molecule has 2 N–H and O–H groups in total. The third kappa shape index (κ3) is 6.78. The number of nitrogens with zero attached hydrogens (tertiary/aromatic N) is 3. The van der Waals surface area contributed by atoms with Crippen LogP contribution in [0.1, 0.15) is 37.3 Å². The number of benzene rings is 1. The van der Waals surface area contributed by atoms with Gasteiger partial charge in [0.2, 0.25) is 5.91 Å². The smallest absolute Gasteiger partial charge is 0.247 e. The highest BCUT2D eigenvalue weighted by Crippen LogP contribution is 2.23. The van der Waals surface area contributed by atoms with Crippen molar-refractivity contribution >= 4 is 17.4 Å². The van der Waals surface area contributed by atoms with E-state index in [4.69, 9.17) is 10.00 Å². The lowest BCUT2D eigenvalue weighted by Crippen LogP contribution is -2.36. The van der Waals surface area contributed by atoms with E-state index in [1.54, 1.807) is 7.11 Å². The number of aromatic nitrogens is 1. The fraction of sp³-hybridized carbons (Fsp3) is 0.393. The van der Waals surface area contributed by atoms with E-state index in [-0.39, 0.29) is 11.8 Å². The van der Waals surface area contributed by atoms with Gasteiger partial charge >= 0.3 is 0 Å². The topological polar surface area (TPSA) is 90.3 Å². The number of amides is 1. The van der Waals surface area contributed by atoms with E-state index in [1.165, 1.54) is 5.57 Å². The van der Waals surface area contributed by atoms with Crippen molar-refractivity contribution in [3.8, 4) is 6.07 Å². The first-order valence-corrected chi connectivity index (χ1v) is 12.3. The van der Waals surface area contributed by atoms with Crippen LogP contribution in [0.25, 0.3) is 0 Å². The van der Waals surface area contributed by atoms with Gasteiger partial charge in [-0.1, -0.05) is 54.1 Å². The predicted octanol–water partition coefficient (Wildman–Crippen LogP) is 4.38. The predicted molar refractivity (Wildman–Crippen MR) is 138 cm³/mol. The first kappa shape index (κ1) is 24.6. The molecular weight excluding hydrogens is 438 g/mol. The molecule has 1 aliphatic carbocycles. The van der Waals surface area contributed by atoms with E-state index in [2.05, 4.69) is 32.7 Å². The summed E-state index contributed by atoms with van der Waals surface area (Å²) < 4.78 is 5.45. The van der Waals surface area contributed by atoms with E-state index < -0.39 is 6.04 Å². The van der Waals surface area contributed by atoms with Gasteiger partial charge in [0.1, 0.15) is 11.9 Å². The molecule has 1 aromatic carbocycles. The highest BCUT2D eigenvalue weighted by molar-refractivity contribution is 5.94. The average molecular weight is 472 g/mol. The standard InChI is InChI=1S/C28H33N5O2/c1-35-25-14-17-33(18-15-25)24-11-12-26(31-20-24)32-28(34)27(23-5-3-2-4-6-23)30-16-13-21-7-9-22(19-29)10-8-21/h2-9,11-12,20,22,25,27,30H,10,13-18H2,1H3,(H,31,32,34). The van der Waals surface area contributed by atoms with Crippen LogP contribution in [0, 0.1) is 17.2 Å². The number of ether oxygens (including phenoxy) is 1. The summed E-state index contributed by atoms with van der Waals surface area (Å²) in [5.41, 5.74) is 3.14. The van der Waals surface area contributed by atoms with E-state index in [9.17, 15) is 4.79 Å². The van der Waals surface area contributed by atoms with Gasteiger partial charge in [-0.3, -0.25) is 4.79 Å². The van der Waals surface area contributed by atoms with Crippen molar-refractivity contribution in [2.45, 2.75) is 37.8 Å². The maximum Gasteiger partial charge on any atom is 0.247 e. The molecule has 182 valence electrons. The fourth-order valence-corrected chi connectivity index (χ4v) is 4.51. The lowest BCUT2D eigenvalue weighted by molar-refractivity contribution is -0.118. The van der Waals surface area contributed by atoms with Crippen molar-refractivity contribution in [3.63, 3.8) is 0 Å². The van der Waals surface area contributed by atoms with Crippen LogP contribution in [0.2, 0.25) is 0 Å². The lowest BCUT2D eigenvalue weighted by atomic mass is 9.96. The quantitative estimate of drug-likeness (QED) is 0.564. The Labute approximate surface area is 207 Å². The third-order valence-electron chi connectivity index (χ3n) is 6.64. The number of carbonyl (C=O) groups is 1. The summed E-state index contributed by atoms with van der Waals surface area (Å²) in [5, 5.41) is 15.4. The van der Waals surface area contributed by atoms with Crippen LogP contribution < -0.4 is 15.5 Å². The number of anilines is 2. The molecule has 1 aromatic heterocycles. The Morgan fingerprint density at radius 1 is 1.23 bits per heavy atom. The van der Waals surface area contributed by atoms with Gasteiger partial charge in [-0.25, -0.2) is 4.98 Å². The molecule has 2 aliphatic rings. The number of pyridine rings is 1. The molecule has 0 radical (unpaired) electrons. The molecule has 0 saturated carbocycles. The van der Waals surface area contributed by atoms with Gasteiger partial charge in [-0.2, -0.15) is 5.26 Å². The summed E-state index contributed by atoms with van der Waals surface area (Å²) in [6.07, 6.45) is 11.8. The van der Waals surface area contributed by atoms with Crippen molar-refractivity contribution in [2.24, 2.45) is 5.92 Å². The van der Waals surface area contributed by atoms with Crippen LogP contribution in [0.3, 0.4) is 0 Å². The Morgan fingerprint density at radius 3 is 2.66 bits per heavy atom. The van der Waals surface area contributed by atoms with Gasteiger partial charge in [0, 0.05) is 26.7 Å². The minimum Gasteiger partial charge on any atom is -0.381 e. The fourth-order valence-electron chi connectivity index (χ4n) is 4.51. The second kappa shape index (κ2) is 12.3. The van der Waals surface area contributed by atoms with Crippen molar-refractivity contribution in [1.29, 1.82) is 5.26 Å². The zero-order valence-electron chi connectivity index (χ0n) is 20.2. The van der Waals surface area contributed by atoms with Crippen LogP contribution >= 0.6 is 0 Å². The normalized spacial score (nSPS) is 19.0. The van der Waals surface area contributed by atoms with E-state index in [0.717, 1.165) is 50.0 Å². The van der Waals surface area contributed by atoms with E-state index in [0.29, 0.717) is 18.5 Å². The van der Waals surface area contributed by atoms with Crippen LogP contribution in [0.4, 0.5) is 11.5 Å². The third-order valence-corrected chi connectivity index (χ3v) is 6.64. The summed E-state index contributed by atoms with van der Waals surface area (Å²) in [5.74, 6) is 0.356. The maximum atomic E-state index is 13.2. The van der Waals surface area contributed by atoms with E-state index in [1.807, 2.05) is 60.8 Å². The molecule has 0 spiro atoms. The Kier molecular flexibility index (Phi) is 8.66. The van der Waals surface area contributed by atoms with Crippen LogP contribution in [-0.2, 0) is 9.53 Å². The molecule has 2 atom stereocenters. The maximum absolute atomic E-state index is 13.2. The minimum absolute atomic E-state index is 0.0365. The number of rotatable bonds is 9. The summed E-state index contributed by atoms with van der Waals surface area (Å²) in [6.45, 7) is 2.52. The molecule has 2 unspecified atom stereocenters. The highest BCUT2D eigenvalue weighted by Gasteiger charge is 2.22. The van der Waals surface area contributed by atoms with Gasteiger partial charge in [0.25, 0.3) is 0 Å². The SMILES string of the molecule is COC1CCN(c2ccc(NC(=O)C(NCCC3=CCC(C#N)C=C3)c3ccccc3)nc2)CC1. The van der Waals surface area contributed by atoms with Crippen LogP contribution in [0.15, 0.2) is 72.5 Å².